The Bertz CT molecular complexity index is 1290. The molecule has 35 heavy (non-hydrogen) atoms. The molecular formula is C26H26N4O5. The van der Waals surface area contributed by atoms with E-state index in [1.165, 1.54) is 11.9 Å². The van der Waals surface area contributed by atoms with E-state index in [1.807, 2.05) is 24.3 Å². The quantitative estimate of drug-likeness (QED) is 0.567. The Morgan fingerprint density at radius 1 is 1.09 bits per heavy atom. The Morgan fingerprint density at radius 3 is 2.63 bits per heavy atom. The summed E-state index contributed by atoms with van der Waals surface area (Å²) in [6.45, 7) is 1.18. The minimum Gasteiger partial charge on any atom is -0.477 e. The van der Waals surface area contributed by atoms with Gasteiger partial charge in [0.1, 0.15) is 17.1 Å². The van der Waals surface area contributed by atoms with Crippen LogP contribution in [0.5, 0.6) is 5.75 Å². The Balaban J connectivity index is 1.37. The number of likely N-dealkylation sites (N-methyl/N-ethyl adjacent to an activating group) is 1. The van der Waals surface area contributed by atoms with Gasteiger partial charge < -0.3 is 24.6 Å². The largest absolute Gasteiger partial charge is 0.477 e. The van der Waals surface area contributed by atoms with Gasteiger partial charge in [0.15, 0.2) is 12.7 Å². The van der Waals surface area contributed by atoms with Gasteiger partial charge in [0, 0.05) is 25.5 Å². The van der Waals surface area contributed by atoms with Gasteiger partial charge in [-0.2, -0.15) is 0 Å². The van der Waals surface area contributed by atoms with Crippen molar-refractivity contribution in [3.63, 3.8) is 0 Å². The average molecular weight is 475 g/mol. The summed E-state index contributed by atoms with van der Waals surface area (Å²) in [5.41, 5.74) is 1.66. The van der Waals surface area contributed by atoms with Crippen LogP contribution in [0.25, 0.3) is 10.9 Å². The number of carbonyl (C=O) groups is 3. The number of rotatable bonds is 5. The number of esters is 1. The lowest BCUT2D eigenvalue weighted by atomic mass is 10.1. The minimum absolute atomic E-state index is 0.0175. The number of ether oxygens (including phenoxy) is 2. The van der Waals surface area contributed by atoms with Gasteiger partial charge in [-0.3, -0.25) is 9.59 Å². The number of benzene rings is 2. The summed E-state index contributed by atoms with van der Waals surface area (Å²) < 4.78 is 11.2. The zero-order valence-corrected chi connectivity index (χ0v) is 19.4. The molecule has 2 aliphatic heterocycles. The van der Waals surface area contributed by atoms with Crippen LogP contribution in [0.15, 0.2) is 54.6 Å². The molecule has 0 aliphatic carbocycles. The Hall–Kier alpha value is -4.14. The number of para-hydroxylation sites is 3. The van der Waals surface area contributed by atoms with Crippen LogP contribution < -0.4 is 19.9 Å². The minimum atomic E-state index is -0.860. The molecule has 9 heteroatoms. The molecule has 2 aromatic carbocycles. The van der Waals surface area contributed by atoms with Crippen molar-refractivity contribution in [2.45, 2.75) is 18.9 Å². The first-order chi connectivity index (χ1) is 17.0. The van der Waals surface area contributed by atoms with Crippen LogP contribution >= 0.6 is 0 Å². The maximum absolute atomic E-state index is 13.2. The third kappa shape index (κ3) is 4.49. The standard InChI is InChI=1S/C26H26N4O5/c1-27-25(32)22-15-30(20-10-4-5-11-21(20)35-22)23(31)16-34-26(33)18-14-17-8-2-3-9-19(17)28-24(18)29-12-6-7-13-29/h2-5,8-11,14,22H,6-7,12-13,15-16H2,1H3,(H,27,32). The van der Waals surface area contributed by atoms with Gasteiger partial charge in [0.25, 0.3) is 11.8 Å². The first kappa shape index (κ1) is 22.6. The van der Waals surface area contributed by atoms with Crippen LogP contribution in [0.3, 0.4) is 0 Å². The monoisotopic (exact) mass is 474 g/mol. The summed E-state index contributed by atoms with van der Waals surface area (Å²) in [5, 5.41) is 3.37. The van der Waals surface area contributed by atoms with E-state index in [4.69, 9.17) is 14.5 Å². The van der Waals surface area contributed by atoms with Crippen molar-refractivity contribution in [2.75, 3.05) is 43.1 Å². The van der Waals surface area contributed by atoms with Crippen molar-refractivity contribution < 1.29 is 23.9 Å². The molecule has 1 saturated heterocycles. The Kier molecular flexibility index (Phi) is 6.22. The Morgan fingerprint density at radius 2 is 1.83 bits per heavy atom. The molecule has 1 fully saturated rings. The molecule has 3 aromatic rings. The maximum Gasteiger partial charge on any atom is 0.342 e. The van der Waals surface area contributed by atoms with Crippen molar-refractivity contribution in [1.29, 1.82) is 0 Å². The molecule has 5 rings (SSSR count). The molecule has 2 amide bonds. The van der Waals surface area contributed by atoms with Gasteiger partial charge in [-0.25, -0.2) is 9.78 Å². The fourth-order valence-electron chi connectivity index (χ4n) is 4.48. The first-order valence-electron chi connectivity index (χ1n) is 11.6. The lowest BCUT2D eigenvalue weighted by molar-refractivity contribution is -0.128. The molecular weight excluding hydrogens is 448 g/mol. The Labute approximate surface area is 202 Å². The summed E-state index contributed by atoms with van der Waals surface area (Å²) in [7, 11) is 1.51. The number of anilines is 2. The number of nitrogens with one attached hydrogen (secondary N) is 1. The fourth-order valence-corrected chi connectivity index (χ4v) is 4.48. The van der Waals surface area contributed by atoms with Gasteiger partial charge >= 0.3 is 5.97 Å². The first-order valence-corrected chi connectivity index (χ1v) is 11.6. The molecule has 0 spiro atoms. The van der Waals surface area contributed by atoms with Crippen LogP contribution in [0.2, 0.25) is 0 Å². The highest BCUT2D eigenvalue weighted by atomic mass is 16.5. The van der Waals surface area contributed by atoms with E-state index < -0.39 is 24.6 Å². The summed E-state index contributed by atoms with van der Waals surface area (Å²) >= 11 is 0. The lowest BCUT2D eigenvalue weighted by Gasteiger charge is -2.33. The predicted octanol–water partition coefficient (Wildman–Crippen LogP) is 2.53. The van der Waals surface area contributed by atoms with E-state index >= 15 is 0 Å². The molecule has 1 atom stereocenters. The van der Waals surface area contributed by atoms with E-state index in [9.17, 15) is 14.4 Å². The third-order valence-electron chi connectivity index (χ3n) is 6.27. The van der Waals surface area contributed by atoms with Gasteiger partial charge in [0.2, 0.25) is 0 Å². The zero-order valence-electron chi connectivity index (χ0n) is 19.4. The van der Waals surface area contributed by atoms with E-state index in [0.717, 1.165) is 36.8 Å². The van der Waals surface area contributed by atoms with Crippen LogP contribution in [0.4, 0.5) is 11.5 Å². The topological polar surface area (TPSA) is 101 Å². The van der Waals surface area contributed by atoms with Crippen LogP contribution in [0.1, 0.15) is 23.2 Å². The highest BCUT2D eigenvalue weighted by molar-refractivity contribution is 6.02. The smallest absolute Gasteiger partial charge is 0.342 e. The predicted molar refractivity (Wildman–Crippen MR) is 131 cm³/mol. The van der Waals surface area contributed by atoms with Gasteiger partial charge in [-0.1, -0.05) is 30.3 Å². The summed E-state index contributed by atoms with van der Waals surface area (Å²) in [5.74, 6) is -0.397. The van der Waals surface area contributed by atoms with E-state index in [2.05, 4.69) is 10.2 Å². The number of aromatic nitrogens is 1. The maximum atomic E-state index is 13.2. The van der Waals surface area contributed by atoms with Crippen molar-refractivity contribution in [3.05, 3.63) is 60.2 Å². The van der Waals surface area contributed by atoms with Crippen LogP contribution in [0, 0.1) is 0 Å². The normalized spacial score (nSPS) is 17.0. The second-order valence-electron chi connectivity index (χ2n) is 8.52. The van der Waals surface area contributed by atoms with Crippen LogP contribution in [-0.4, -0.2) is 62.2 Å². The second-order valence-corrected chi connectivity index (χ2v) is 8.52. The van der Waals surface area contributed by atoms with Crippen molar-refractivity contribution in [1.82, 2.24) is 10.3 Å². The zero-order chi connectivity index (χ0) is 24.4. The molecule has 0 bridgehead atoms. The summed E-state index contributed by atoms with van der Waals surface area (Å²) in [4.78, 5) is 46.7. The van der Waals surface area contributed by atoms with Crippen molar-refractivity contribution in [2.24, 2.45) is 0 Å². The molecule has 0 saturated carbocycles. The SMILES string of the molecule is CNC(=O)C1CN(C(=O)COC(=O)c2cc3ccccc3nc2N2CCCC2)c2ccccc2O1. The molecule has 9 nitrogen and oxygen atoms in total. The van der Waals surface area contributed by atoms with Crippen LogP contribution in [-0.2, 0) is 14.3 Å². The molecule has 2 aliphatic rings. The summed E-state index contributed by atoms with van der Waals surface area (Å²) in [6, 6.07) is 16.3. The fraction of sp³-hybridized carbons (Fsp3) is 0.308. The molecule has 1 aromatic heterocycles. The lowest BCUT2D eigenvalue weighted by Crippen LogP contribution is -2.51. The average Bonchev–Trinajstić information content (AvgIpc) is 3.44. The number of hydrogen-bond donors (Lipinski definition) is 1. The number of nitrogens with zero attached hydrogens (tertiary/aromatic N) is 3. The second kappa shape index (κ2) is 9.61. The third-order valence-corrected chi connectivity index (χ3v) is 6.27. The highest BCUT2D eigenvalue weighted by Gasteiger charge is 2.34. The van der Waals surface area contributed by atoms with Crippen molar-refractivity contribution in [3.8, 4) is 5.75 Å². The number of amides is 2. The molecule has 1 unspecified atom stereocenters. The van der Waals surface area contributed by atoms with Gasteiger partial charge in [-0.15, -0.1) is 0 Å². The van der Waals surface area contributed by atoms with Gasteiger partial charge in [0.05, 0.1) is 17.7 Å². The molecule has 180 valence electrons. The highest BCUT2D eigenvalue weighted by Crippen LogP contribution is 2.33. The van der Waals surface area contributed by atoms with Crippen molar-refractivity contribution >= 4 is 40.2 Å². The van der Waals surface area contributed by atoms with E-state index in [-0.39, 0.29) is 12.5 Å². The van der Waals surface area contributed by atoms with E-state index in [0.29, 0.717) is 22.8 Å². The molecule has 0 radical (unpaired) electrons. The number of carbonyl (C=O) groups excluding carboxylic acids is 3. The number of hydrogen-bond acceptors (Lipinski definition) is 7. The summed E-state index contributed by atoms with van der Waals surface area (Å²) in [6.07, 6.45) is 1.20. The molecule has 1 N–H and O–H groups in total. The number of pyridine rings is 1. The number of fused-ring (bicyclic) bond motifs is 2. The van der Waals surface area contributed by atoms with Gasteiger partial charge in [-0.05, 0) is 37.1 Å². The van der Waals surface area contributed by atoms with E-state index in [1.54, 1.807) is 30.3 Å². The molecule has 3 heterocycles.